The second kappa shape index (κ2) is 17.1. The molecule has 4 aliphatic heterocycles. The van der Waals surface area contributed by atoms with E-state index in [-0.39, 0.29) is 31.0 Å². The van der Waals surface area contributed by atoms with Gasteiger partial charge in [0.05, 0.1) is 30.6 Å². The third-order valence-corrected chi connectivity index (χ3v) is 12.0. The van der Waals surface area contributed by atoms with Crippen LogP contribution in [0.1, 0.15) is 83.9 Å². The van der Waals surface area contributed by atoms with Crippen LogP contribution < -0.4 is 9.80 Å². The molecule has 0 N–H and O–H groups in total. The number of anilines is 2. The van der Waals surface area contributed by atoms with E-state index in [0.29, 0.717) is 43.8 Å². The van der Waals surface area contributed by atoms with Crippen LogP contribution in [-0.4, -0.2) is 127 Å². The summed E-state index contributed by atoms with van der Waals surface area (Å²) >= 11 is 0. The van der Waals surface area contributed by atoms with E-state index in [1.807, 2.05) is 51.9 Å². The fraction of sp³-hybridized carbons (Fsp3) is 0.600. The Bertz CT molecular complexity index is 1950. The molecular weight excluding hydrogens is 735 g/mol. The van der Waals surface area contributed by atoms with Gasteiger partial charge in [-0.3, -0.25) is 9.69 Å². The van der Waals surface area contributed by atoms with Crippen molar-refractivity contribution in [2.75, 3.05) is 82.5 Å². The first-order chi connectivity index (χ1) is 27.9. The maximum Gasteiger partial charge on any atom is 0.410 e. The molecule has 2 unspecified atom stereocenters. The number of benzene rings is 2. The molecule has 2 atom stereocenters. The van der Waals surface area contributed by atoms with Gasteiger partial charge >= 0.3 is 6.09 Å². The summed E-state index contributed by atoms with van der Waals surface area (Å²) in [6.07, 6.45) is 8.45. The molecule has 0 radical (unpaired) electrons. The minimum absolute atomic E-state index is 0.0262. The van der Waals surface area contributed by atoms with Crippen molar-refractivity contribution in [2.24, 2.45) is 5.92 Å². The lowest BCUT2D eigenvalue weighted by Crippen LogP contribution is -2.51. The van der Waals surface area contributed by atoms with Crippen molar-refractivity contribution in [2.45, 2.75) is 96.2 Å². The minimum Gasteiger partial charge on any atom is -0.444 e. The highest BCUT2D eigenvalue weighted by molar-refractivity contribution is 5.95. The van der Waals surface area contributed by atoms with E-state index in [1.165, 1.54) is 0 Å². The Morgan fingerprint density at radius 3 is 2.34 bits per heavy atom. The number of carbonyl (C=O) groups excluding carboxylic acids is 2. The number of rotatable bonds is 11. The average molecular weight is 796 g/mol. The zero-order chi connectivity index (χ0) is 40.4. The van der Waals surface area contributed by atoms with Crippen LogP contribution >= 0.6 is 0 Å². The SMILES string of the molecule is CC1=CN(c2ccc3nc(N4CCC(CN5CCN(C(=O)OC(C)(C)C)CC5)CC4)nc(C(COC4CCCCO4)(OC4CC4)c4ccccc4)c3c2)CN(C)C1=O. The van der Waals surface area contributed by atoms with Crippen molar-refractivity contribution in [3.8, 4) is 0 Å². The van der Waals surface area contributed by atoms with E-state index < -0.39 is 11.2 Å². The van der Waals surface area contributed by atoms with Gasteiger partial charge in [0.2, 0.25) is 5.95 Å². The third-order valence-electron chi connectivity index (χ3n) is 12.0. The van der Waals surface area contributed by atoms with E-state index in [2.05, 4.69) is 57.2 Å². The quantitative estimate of drug-likeness (QED) is 0.212. The van der Waals surface area contributed by atoms with Crippen LogP contribution in [0.5, 0.6) is 0 Å². The number of hydrogen-bond acceptors (Lipinski definition) is 11. The zero-order valence-corrected chi connectivity index (χ0v) is 35.0. The van der Waals surface area contributed by atoms with Crippen LogP contribution in [0.2, 0.25) is 0 Å². The summed E-state index contributed by atoms with van der Waals surface area (Å²) in [6, 6.07) is 16.7. The van der Waals surface area contributed by atoms with Gasteiger partial charge in [0.1, 0.15) is 5.60 Å². The molecule has 3 aromatic rings. The van der Waals surface area contributed by atoms with Crippen LogP contribution in [0.4, 0.5) is 16.4 Å². The van der Waals surface area contributed by atoms with E-state index in [0.717, 1.165) is 106 Å². The molecule has 1 saturated carbocycles. The monoisotopic (exact) mass is 795 g/mol. The molecule has 312 valence electrons. The Morgan fingerprint density at radius 1 is 0.914 bits per heavy atom. The Labute approximate surface area is 343 Å². The molecule has 13 heteroatoms. The molecule has 3 saturated heterocycles. The molecule has 1 aromatic heterocycles. The highest BCUT2D eigenvalue weighted by Crippen LogP contribution is 2.44. The topological polar surface area (TPSA) is 113 Å². The van der Waals surface area contributed by atoms with Gasteiger partial charge in [-0.1, -0.05) is 30.3 Å². The summed E-state index contributed by atoms with van der Waals surface area (Å²) in [7, 11) is 1.83. The molecule has 5 aliphatic rings. The molecule has 4 fully saturated rings. The zero-order valence-electron chi connectivity index (χ0n) is 35.0. The van der Waals surface area contributed by atoms with Gasteiger partial charge in [-0.05, 0) is 102 Å². The predicted molar refractivity (Wildman–Crippen MR) is 223 cm³/mol. The highest BCUT2D eigenvalue weighted by atomic mass is 16.7. The van der Waals surface area contributed by atoms with E-state index in [9.17, 15) is 9.59 Å². The highest BCUT2D eigenvalue weighted by Gasteiger charge is 2.45. The molecule has 0 bridgehead atoms. The standard InChI is InChI=1S/C45H61N7O6/c1-32-28-52(31-48(5)41(32)53)35-14-17-38-37(27-35)40(45(57-36-15-16-36,34-11-7-6-8-12-34)30-56-39-13-9-10-26-55-39)47-42(46-38)50-20-18-33(19-21-50)29-49-22-24-51(25-23-49)43(54)58-44(2,3)4/h6-8,11-12,14,17,27-28,33,36,39H,9-10,13,15-16,18-26,29-31H2,1-5H3. The fourth-order valence-electron chi connectivity index (χ4n) is 8.61. The molecule has 0 spiro atoms. The number of piperazine rings is 1. The van der Waals surface area contributed by atoms with Crippen molar-refractivity contribution in [3.05, 3.63) is 71.6 Å². The first-order valence-corrected chi connectivity index (χ1v) is 21.4. The van der Waals surface area contributed by atoms with Crippen molar-refractivity contribution in [1.29, 1.82) is 0 Å². The third kappa shape index (κ3) is 9.28. The summed E-state index contributed by atoms with van der Waals surface area (Å²) in [5.74, 6) is 1.27. The van der Waals surface area contributed by atoms with Crippen molar-refractivity contribution >= 4 is 34.5 Å². The lowest BCUT2D eigenvalue weighted by molar-refractivity contribution is -0.197. The summed E-state index contributed by atoms with van der Waals surface area (Å²) in [4.78, 5) is 46.7. The summed E-state index contributed by atoms with van der Waals surface area (Å²) < 4.78 is 25.7. The summed E-state index contributed by atoms with van der Waals surface area (Å²) in [6.45, 7) is 14.8. The van der Waals surface area contributed by atoms with Crippen LogP contribution in [0.25, 0.3) is 10.9 Å². The maximum absolute atomic E-state index is 12.7. The Morgan fingerprint density at radius 2 is 1.67 bits per heavy atom. The van der Waals surface area contributed by atoms with Gasteiger partial charge in [0.25, 0.3) is 5.91 Å². The lowest BCUT2D eigenvalue weighted by atomic mass is 9.87. The lowest BCUT2D eigenvalue weighted by Gasteiger charge is -2.40. The van der Waals surface area contributed by atoms with E-state index in [1.54, 1.807) is 4.90 Å². The average Bonchev–Trinajstić information content (AvgIpc) is 4.05. The molecule has 2 amide bonds. The number of likely N-dealkylation sites (N-methyl/N-ethyl adjacent to an activating group) is 1. The number of aromatic nitrogens is 2. The second-order valence-electron chi connectivity index (χ2n) is 17.8. The van der Waals surface area contributed by atoms with E-state index >= 15 is 0 Å². The van der Waals surface area contributed by atoms with Crippen LogP contribution in [0.15, 0.2) is 60.3 Å². The van der Waals surface area contributed by atoms with Crippen LogP contribution in [0, 0.1) is 5.92 Å². The number of piperidine rings is 1. The normalized spacial score (nSPS) is 22.6. The van der Waals surface area contributed by atoms with Gasteiger partial charge in [-0.25, -0.2) is 14.8 Å². The van der Waals surface area contributed by atoms with E-state index in [4.69, 9.17) is 28.9 Å². The molecule has 1 aliphatic carbocycles. The second-order valence-corrected chi connectivity index (χ2v) is 17.8. The largest absolute Gasteiger partial charge is 0.444 e. The Kier molecular flexibility index (Phi) is 11.9. The molecule has 8 rings (SSSR count). The number of ether oxygens (including phenoxy) is 4. The molecule has 58 heavy (non-hydrogen) atoms. The smallest absolute Gasteiger partial charge is 0.410 e. The van der Waals surface area contributed by atoms with Gasteiger partial charge in [0, 0.05) is 82.3 Å². The molecule has 13 nitrogen and oxygen atoms in total. The predicted octanol–water partition coefficient (Wildman–Crippen LogP) is 6.50. The Hall–Kier alpha value is -4.30. The van der Waals surface area contributed by atoms with Gasteiger partial charge in [0.15, 0.2) is 11.9 Å². The molecule has 5 heterocycles. The maximum atomic E-state index is 12.7. The number of amides is 2. The molecular formula is C45H61N7O6. The summed E-state index contributed by atoms with van der Waals surface area (Å²) in [5, 5.41) is 0.893. The first kappa shape index (κ1) is 40.5. The van der Waals surface area contributed by atoms with Gasteiger partial charge in [-0.2, -0.15) is 0 Å². The molecule has 2 aromatic carbocycles. The van der Waals surface area contributed by atoms with Gasteiger partial charge in [-0.15, -0.1) is 0 Å². The van der Waals surface area contributed by atoms with Crippen LogP contribution in [0.3, 0.4) is 0 Å². The fourth-order valence-corrected chi connectivity index (χ4v) is 8.61. The van der Waals surface area contributed by atoms with Crippen molar-refractivity contribution < 1.29 is 28.5 Å². The number of carbonyl (C=O) groups is 2. The van der Waals surface area contributed by atoms with Crippen molar-refractivity contribution in [1.82, 2.24) is 24.7 Å². The van der Waals surface area contributed by atoms with Crippen LogP contribution in [-0.2, 0) is 29.3 Å². The van der Waals surface area contributed by atoms with Crippen molar-refractivity contribution in [3.63, 3.8) is 0 Å². The number of nitrogens with zero attached hydrogens (tertiary/aromatic N) is 7. The Balaban J connectivity index is 1.10. The summed E-state index contributed by atoms with van der Waals surface area (Å²) in [5.41, 5.74) is 2.72. The first-order valence-electron chi connectivity index (χ1n) is 21.4. The van der Waals surface area contributed by atoms with Gasteiger partial charge < -0.3 is 38.5 Å². The minimum atomic E-state index is -1.03. The number of hydrogen-bond donors (Lipinski definition) is 0. The number of fused-ring (bicyclic) bond motifs is 1.